The van der Waals surface area contributed by atoms with Crippen LogP contribution in [0.1, 0.15) is 36.1 Å². The Balaban J connectivity index is 2.44. The van der Waals surface area contributed by atoms with E-state index in [1.54, 1.807) is 0 Å². The molecule has 100 valence electrons. The highest BCUT2D eigenvalue weighted by Gasteiger charge is 2.24. The molecule has 1 aromatic rings. The quantitative estimate of drug-likeness (QED) is 0.910. The van der Waals surface area contributed by atoms with Crippen molar-refractivity contribution < 1.29 is 9.13 Å². The van der Waals surface area contributed by atoms with Gasteiger partial charge in [-0.1, -0.05) is 18.5 Å². The van der Waals surface area contributed by atoms with Gasteiger partial charge in [0.1, 0.15) is 5.82 Å². The standard InChI is InChI=1S/C14H19ClFNO/c1-3-5-17-13-8-18-6-4-10-11(15)7-12(16)9(2)14(10)13/h7,13,17H,3-6,8H2,1-2H3. The maximum atomic E-state index is 13.8. The molecule has 1 aliphatic rings. The summed E-state index contributed by atoms with van der Waals surface area (Å²) in [5.41, 5.74) is 2.71. The van der Waals surface area contributed by atoms with Crippen molar-refractivity contribution in [2.45, 2.75) is 32.7 Å². The first kappa shape index (κ1) is 13.8. The second-order valence-electron chi connectivity index (χ2n) is 4.69. The zero-order valence-corrected chi connectivity index (χ0v) is 11.6. The lowest BCUT2D eigenvalue weighted by Gasteiger charge is -2.21. The van der Waals surface area contributed by atoms with Gasteiger partial charge in [-0.15, -0.1) is 0 Å². The normalized spacial score (nSPS) is 19.4. The molecule has 0 saturated heterocycles. The molecule has 0 radical (unpaired) electrons. The van der Waals surface area contributed by atoms with E-state index >= 15 is 0 Å². The van der Waals surface area contributed by atoms with Crippen LogP contribution in [0.5, 0.6) is 0 Å². The van der Waals surface area contributed by atoms with E-state index in [-0.39, 0.29) is 11.9 Å². The molecular formula is C14H19ClFNO. The molecule has 0 aromatic heterocycles. The van der Waals surface area contributed by atoms with E-state index in [0.717, 1.165) is 30.5 Å². The maximum absolute atomic E-state index is 13.8. The van der Waals surface area contributed by atoms with E-state index in [2.05, 4.69) is 12.2 Å². The molecule has 1 atom stereocenters. The molecule has 0 fully saturated rings. The topological polar surface area (TPSA) is 21.3 Å². The molecule has 0 spiro atoms. The third kappa shape index (κ3) is 2.68. The summed E-state index contributed by atoms with van der Waals surface area (Å²) in [4.78, 5) is 0. The van der Waals surface area contributed by atoms with Crippen LogP contribution >= 0.6 is 11.6 Å². The Morgan fingerprint density at radius 2 is 2.33 bits per heavy atom. The Labute approximate surface area is 112 Å². The third-order valence-corrected chi connectivity index (χ3v) is 3.74. The first-order chi connectivity index (χ1) is 8.65. The summed E-state index contributed by atoms with van der Waals surface area (Å²) < 4.78 is 19.4. The monoisotopic (exact) mass is 271 g/mol. The van der Waals surface area contributed by atoms with Gasteiger partial charge in [0.2, 0.25) is 0 Å². The highest BCUT2D eigenvalue weighted by atomic mass is 35.5. The van der Waals surface area contributed by atoms with Crippen molar-refractivity contribution in [3.63, 3.8) is 0 Å². The van der Waals surface area contributed by atoms with Crippen LogP contribution in [0.4, 0.5) is 4.39 Å². The summed E-state index contributed by atoms with van der Waals surface area (Å²) >= 11 is 6.17. The number of rotatable bonds is 3. The molecule has 1 aromatic carbocycles. The van der Waals surface area contributed by atoms with Crippen molar-refractivity contribution in [1.82, 2.24) is 5.32 Å². The summed E-state index contributed by atoms with van der Waals surface area (Å²) in [7, 11) is 0. The van der Waals surface area contributed by atoms with Crippen molar-refractivity contribution in [3.8, 4) is 0 Å². The Morgan fingerprint density at radius 3 is 3.06 bits per heavy atom. The highest BCUT2D eigenvalue weighted by molar-refractivity contribution is 6.31. The minimum absolute atomic E-state index is 0.0376. The molecule has 18 heavy (non-hydrogen) atoms. The fourth-order valence-corrected chi connectivity index (χ4v) is 2.75. The largest absolute Gasteiger partial charge is 0.379 e. The van der Waals surface area contributed by atoms with Crippen LogP contribution in [0, 0.1) is 12.7 Å². The predicted molar refractivity (Wildman–Crippen MR) is 71.7 cm³/mol. The van der Waals surface area contributed by atoms with Gasteiger partial charge in [-0.05, 0) is 49.1 Å². The summed E-state index contributed by atoms with van der Waals surface area (Å²) in [6, 6.07) is 1.45. The van der Waals surface area contributed by atoms with Crippen molar-refractivity contribution in [2.24, 2.45) is 0 Å². The lowest BCUT2D eigenvalue weighted by molar-refractivity contribution is 0.121. The number of hydrogen-bond acceptors (Lipinski definition) is 2. The van der Waals surface area contributed by atoms with Crippen molar-refractivity contribution >= 4 is 11.6 Å². The SMILES string of the molecule is CCCNC1COCCc2c(Cl)cc(F)c(C)c21. The number of ether oxygens (including phenoxy) is 1. The molecule has 1 heterocycles. The number of fused-ring (bicyclic) bond motifs is 1. The molecule has 2 rings (SSSR count). The van der Waals surface area contributed by atoms with Gasteiger partial charge >= 0.3 is 0 Å². The minimum atomic E-state index is -0.232. The van der Waals surface area contributed by atoms with E-state index in [1.807, 2.05) is 6.92 Å². The van der Waals surface area contributed by atoms with Crippen LogP contribution in [-0.2, 0) is 11.2 Å². The second kappa shape index (κ2) is 6.00. The molecule has 1 N–H and O–H groups in total. The van der Waals surface area contributed by atoms with E-state index in [9.17, 15) is 4.39 Å². The molecule has 4 heteroatoms. The summed E-state index contributed by atoms with van der Waals surface area (Å²) in [6.45, 7) is 6.03. The van der Waals surface area contributed by atoms with E-state index in [4.69, 9.17) is 16.3 Å². The maximum Gasteiger partial charge on any atom is 0.127 e. The lowest BCUT2D eigenvalue weighted by Crippen LogP contribution is -2.27. The van der Waals surface area contributed by atoms with Gasteiger partial charge in [0, 0.05) is 5.02 Å². The Bertz CT molecular complexity index is 436. The highest BCUT2D eigenvalue weighted by Crippen LogP contribution is 2.33. The number of hydrogen-bond donors (Lipinski definition) is 1. The van der Waals surface area contributed by atoms with E-state index < -0.39 is 0 Å². The van der Waals surface area contributed by atoms with Crippen LogP contribution < -0.4 is 5.32 Å². The summed E-state index contributed by atoms with van der Waals surface area (Å²) in [6.07, 6.45) is 1.79. The molecule has 0 amide bonds. The minimum Gasteiger partial charge on any atom is -0.379 e. The predicted octanol–water partition coefficient (Wildman–Crippen LogP) is 3.40. The smallest absolute Gasteiger partial charge is 0.127 e. The van der Waals surface area contributed by atoms with Crippen LogP contribution in [0.15, 0.2) is 6.07 Å². The number of benzene rings is 1. The molecule has 2 nitrogen and oxygen atoms in total. The molecule has 0 saturated carbocycles. The van der Waals surface area contributed by atoms with Crippen molar-refractivity contribution in [1.29, 1.82) is 0 Å². The van der Waals surface area contributed by atoms with Gasteiger partial charge in [0.05, 0.1) is 19.3 Å². The van der Waals surface area contributed by atoms with Crippen LogP contribution in [0.3, 0.4) is 0 Å². The van der Waals surface area contributed by atoms with Crippen LogP contribution in [0.2, 0.25) is 5.02 Å². The van der Waals surface area contributed by atoms with Crippen molar-refractivity contribution in [3.05, 3.63) is 33.6 Å². The summed E-state index contributed by atoms with van der Waals surface area (Å²) in [5.74, 6) is -0.232. The molecule has 0 aliphatic carbocycles. The molecule has 1 unspecified atom stereocenters. The Morgan fingerprint density at radius 1 is 1.56 bits per heavy atom. The average molecular weight is 272 g/mol. The molecule has 0 bridgehead atoms. The van der Waals surface area contributed by atoms with Crippen LogP contribution in [-0.4, -0.2) is 19.8 Å². The summed E-state index contributed by atoms with van der Waals surface area (Å²) in [5, 5.41) is 3.93. The lowest BCUT2D eigenvalue weighted by atomic mass is 9.94. The van der Waals surface area contributed by atoms with E-state index in [0.29, 0.717) is 23.8 Å². The third-order valence-electron chi connectivity index (χ3n) is 3.40. The fraction of sp³-hybridized carbons (Fsp3) is 0.571. The molecule has 1 aliphatic heterocycles. The van der Waals surface area contributed by atoms with Crippen LogP contribution in [0.25, 0.3) is 0 Å². The zero-order chi connectivity index (χ0) is 13.1. The number of nitrogens with one attached hydrogen (secondary N) is 1. The van der Waals surface area contributed by atoms with E-state index in [1.165, 1.54) is 6.07 Å². The average Bonchev–Trinajstić information content (AvgIpc) is 2.56. The van der Waals surface area contributed by atoms with Gasteiger partial charge in [-0.2, -0.15) is 0 Å². The van der Waals surface area contributed by atoms with Gasteiger partial charge in [0.15, 0.2) is 0 Å². The van der Waals surface area contributed by atoms with Gasteiger partial charge in [0.25, 0.3) is 0 Å². The zero-order valence-electron chi connectivity index (χ0n) is 10.9. The first-order valence-corrected chi connectivity index (χ1v) is 6.81. The Hall–Kier alpha value is -0.640. The second-order valence-corrected chi connectivity index (χ2v) is 5.10. The van der Waals surface area contributed by atoms with Crippen molar-refractivity contribution in [2.75, 3.05) is 19.8 Å². The molecular weight excluding hydrogens is 253 g/mol. The van der Waals surface area contributed by atoms with Gasteiger partial charge in [-0.25, -0.2) is 4.39 Å². The fourth-order valence-electron chi connectivity index (χ4n) is 2.45. The van der Waals surface area contributed by atoms with Gasteiger partial charge < -0.3 is 10.1 Å². The first-order valence-electron chi connectivity index (χ1n) is 6.43. The van der Waals surface area contributed by atoms with Gasteiger partial charge in [-0.3, -0.25) is 0 Å². The number of halogens is 2. The Kier molecular flexibility index (Phi) is 4.60.